The summed E-state index contributed by atoms with van der Waals surface area (Å²) in [4.78, 5) is 34.5. The summed E-state index contributed by atoms with van der Waals surface area (Å²) in [6, 6.07) is 5.04. The smallest absolute Gasteiger partial charge is 0.274 e. The summed E-state index contributed by atoms with van der Waals surface area (Å²) >= 11 is 3.27. The number of carbonyl (C=O) groups excluding carboxylic acids is 2. The summed E-state index contributed by atoms with van der Waals surface area (Å²) in [6.45, 7) is 1.10. The molecule has 7 nitrogen and oxygen atoms in total. The number of nitrogens with zero attached hydrogens (tertiary/aromatic N) is 3. The van der Waals surface area contributed by atoms with Gasteiger partial charge in [0.05, 0.1) is 13.1 Å². The highest BCUT2D eigenvalue weighted by Gasteiger charge is 2.50. The van der Waals surface area contributed by atoms with Crippen molar-refractivity contribution in [1.82, 2.24) is 9.88 Å². The van der Waals surface area contributed by atoms with Crippen LogP contribution in [0.5, 0.6) is 0 Å². The molecule has 2 amide bonds. The molecular formula is C22H21BrF3N5O2. The van der Waals surface area contributed by atoms with Gasteiger partial charge >= 0.3 is 0 Å². The summed E-state index contributed by atoms with van der Waals surface area (Å²) in [7, 11) is 0. The van der Waals surface area contributed by atoms with E-state index < -0.39 is 35.8 Å². The Morgan fingerprint density at radius 3 is 2.67 bits per heavy atom. The molecule has 1 atom stereocenters. The Kier molecular flexibility index (Phi) is 6.17. The number of aromatic nitrogens is 1. The van der Waals surface area contributed by atoms with Gasteiger partial charge in [-0.25, -0.2) is 18.2 Å². The molecule has 11 heteroatoms. The van der Waals surface area contributed by atoms with E-state index in [1.807, 2.05) is 0 Å². The average Bonchev–Trinajstić information content (AvgIpc) is 3.59. The first-order valence-electron chi connectivity index (χ1n) is 10.3. The van der Waals surface area contributed by atoms with E-state index in [0.717, 1.165) is 12.1 Å². The van der Waals surface area contributed by atoms with Gasteiger partial charge in [0.25, 0.3) is 12.3 Å². The highest BCUT2D eigenvalue weighted by Crippen LogP contribution is 2.40. The number of halogens is 4. The van der Waals surface area contributed by atoms with E-state index in [1.165, 1.54) is 17.2 Å². The van der Waals surface area contributed by atoms with Gasteiger partial charge in [-0.3, -0.25) is 14.6 Å². The van der Waals surface area contributed by atoms with E-state index in [9.17, 15) is 22.8 Å². The number of hydrogen-bond donors (Lipinski definition) is 2. The summed E-state index contributed by atoms with van der Waals surface area (Å²) in [5, 5.41) is 2.57. The van der Waals surface area contributed by atoms with Crippen LogP contribution in [-0.2, 0) is 10.3 Å². The summed E-state index contributed by atoms with van der Waals surface area (Å²) in [5.74, 6) is -2.22. The molecular weight excluding hydrogens is 503 g/mol. The van der Waals surface area contributed by atoms with Gasteiger partial charge in [-0.15, -0.1) is 0 Å². The van der Waals surface area contributed by atoms with E-state index in [1.54, 1.807) is 13.0 Å². The van der Waals surface area contributed by atoms with Crippen molar-refractivity contribution in [3.05, 3.63) is 57.6 Å². The number of rotatable bonds is 5. The van der Waals surface area contributed by atoms with Crippen LogP contribution in [0.2, 0.25) is 0 Å². The Balaban J connectivity index is 1.69. The van der Waals surface area contributed by atoms with Crippen molar-refractivity contribution in [2.45, 2.75) is 31.7 Å². The third kappa shape index (κ3) is 4.59. The second-order valence-corrected chi connectivity index (χ2v) is 9.18. The van der Waals surface area contributed by atoms with Crippen LogP contribution in [0.1, 0.15) is 34.5 Å². The van der Waals surface area contributed by atoms with Crippen LogP contribution >= 0.6 is 15.9 Å². The first-order chi connectivity index (χ1) is 15.6. The average molecular weight is 524 g/mol. The largest absolute Gasteiger partial charge is 0.386 e. The van der Waals surface area contributed by atoms with Crippen LogP contribution in [0.4, 0.5) is 18.9 Å². The minimum atomic E-state index is -3.15. The number of nitrogens with two attached hydrogens (primary N) is 1. The molecule has 0 radical (unpaired) electrons. The number of alkyl halides is 2. The first kappa shape index (κ1) is 23.2. The molecule has 1 fully saturated rings. The molecule has 2 aromatic rings. The second-order valence-electron chi connectivity index (χ2n) is 8.26. The van der Waals surface area contributed by atoms with Crippen molar-refractivity contribution in [1.29, 1.82) is 0 Å². The van der Waals surface area contributed by atoms with Crippen molar-refractivity contribution < 1.29 is 22.8 Å². The number of benzene rings is 1. The van der Waals surface area contributed by atoms with Crippen molar-refractivity contribution in [2.75, 3.05) is 18.4 Å². The Labute approximate surface area is 196 Å². The quantitative estimate of drug-likeness (QED) is 0.624. The molecule has 3 N–H and O–H groups in total. The second kappa shape index (κ2) is 8.77. The Hall–Kier alpha value is -2.95. The monoisotopic (exact) mass is 523 g/mol. The molecule has 0 bridgehead atoms. The van der Waals surface area contributed by atoms with Crippen LogP contribution < -0.4 is 11.1 Å². The van der Waals surface area contributed by atoms with Crippen molar-refractivity contribution >= 4 is 39.3 Å². The molecule has 1 saturated carbocycles. The minimum Gasteiger partial charge on any atom is -0.386 e. The summed E-state index contributed by atoms with van der Waals surface area (Å²) < 4.78 is 44.5. The number of amides is 2. The van der Waals surface area contributed by atoms with Gasteiger partial charge < -0.3 is 16.0 Å². The minimum absolute atomic E-state index is 0.0833. The van der Waals surface area contributed by atoms with E-state index >= 15 is 0 Å². The van der Waals surface area contributed by atoms with Crippen LogP contribution in [0, 0.1) is 18.7 Å². The molecule has 1 unspecified atom stereocenters. The molecule has 33 heavy (non-hydrogen) atoms. The lowest BCUT2D eigenvalue weighted by atomic mass is 9.87. The fourth-order valence-corrected chi connectivity index (χ4v) is 4.34. The fraction of sp³-hybridized carbons (Fsp3) is 0.364. The predicted molar refractivity (Wildman–Crippen MR) is 120 cm³/mol. The number of hydrogen-bond acceptors (Lipinski definition) is 5. The zero-order chi connectivity index (χ0) is 23.9. The van der Waals surface area contributed by atoms with Crippen molar-refractivity contribution in [2.24, 2.45) is 16.6 Å². The van der Waals surface area contributed by atoms with Crippen LogP contribution in [0.15, 0.2) is 39.9 Å². The SMILES string of the molecule is Cc1cc(Br)cnc1C(=O)Nc1ccc(F)c(C2(C(F)F)CN(C(=O)C3CC3)CC(N)=N2)c1. The standard InChI is InChI=1S/C22H21BrF3N5O2/c1-11-6-13(23)8-28-18(11)19(32)29-14-4-5-16(24)15(7-14)22(21(25)26)10-31(9-17(27)30-22)20(33)12-2-3-12/h4-8,12,21H,2-3,9-10H2,1H3,(H2,27,30)(H,29,32). The zero-order valence-electron chi connectivity index (χ0n) is 17.6. The molecule has 174 valence electrons. The van der Waals surface area contributed by atoms with Gasteiger partial charge in [0.15, 0.2) is 5.54 Å². The van der Waals surface area contributed by atoms with Gasteiger partial charge in [0.1, 0.15) is 17.3 Å². The Morgan fingerprint density at radius 1 is 1.30 bits per heavy atom. The maximum atomic E-state index is 14.9. The molecule has 0 spiro atoms. The van der Waals surface area contributed by atoms with Crippen molar-refractivity contribution in [3.8, 4) is 0 Å². The van der Waals surface area contributed by atoms with E-state index in [4.69, 9.17) is 5.73 Å². The number of anilines is 1. The van der Waals surface area contributed by atoms with Crippen LogP contribution in [0.3, 0.4) is 0 Å². The first-order valence-corrected chi connectivity index (χ1v) is 11.0. The molecule has 2 heterocycles. The maximum Gasteiger partial charge on any atom is 0.274 e. The van der Waals surface area contributed by atoms with Crippen molar-refractivity contribution in [3.63, 3.8) is 0 Å². The number of aliphatic imine (C=N–C) groups is 1. The van der Waals surface area contributed by atoms with E-state index in [2.05, 4.69) is 31.2 Å². The van der Waals surface area contributed by atoms with Gasteiger partial charge in [-0.05, 0) is 65.5 Å². The molecule has 4 rings (SSSR count). The van der Waals surface area contributed by atoms with Gasteiger partial charge in [-0.1, -0.05) is 0 Å². The molecule has 1 aromatic heterocycles. The number of amidine groups is 1. The predicted octanol–water partition coefficient (Wildman–Crippen LogP) is 3.61. The van der Waals surface area contributed by atoms with Gasteiger partial charge in [0, 0.05) is 27.8 Å². The molecule has 1 aliphatic carbocycles. The fourth-order valence-electron chi connectivity index (χ4n) is 3.90. The maximum absolute atomic E-state index is 14.9. The van der Waals surface area contributed by atoms with Gasteiger partial charge in [0.2, 0.25) is 5.91 Å². The summed E-state index contributed by atoms with van der Waals surface area (Å²) in [6.07, 6.45) is -0.322. The number of nitrogens with one attached hydrogen (secondary N) is 1. The highest BCUT2D eigenvalue weighted by molar-refractivity contribution is 9.10. The highest BCUT2D eigenvalue weighted by atomic mass is 79.9. The van der Waals surface area contributed by atoms with Crippen LogP contribution in [0.25, 0.3) is 0 Å². The molecule has 2 aliphatic rings. The Morgan fingerprint density at radius 2 is 2.03 bits per heavy atom. The lowest BCUT2D eigenvalue weighted by Crippen LogP contribution is -2.55. The molecule has 1 aromatic carbocycles. The third-order valence-electron chi connectivity index (χ3n) is 5.68. The number of aryl methyl sites for hydroxylation is 1. The summed E-state index contributed by atoms with van der Waals surface area (Å²) in [5.41, 5.74) is 3.80. The number of carbonyl (C=O) groups is 2. The van der Waals surface area contributed by atoms with E-state index in [0.29, 0.717) is 22.9 Å². The lowest BCUT2D eigenvalue weighted by molar-refractivity contribution is -0.134. The lowest BCUT2D eigenvalue weighted by Gasteiger charge is -2.39. The molecule has 0 saturated heterocycles. The topological polar surface area (TPSA) is 101 Å². The van der Waals surface area contributed by atoms with Crippen LogP contribution in [-0.4, -0.2) is 47.0 Å². The normalized spacial score (nSPS) is 20.5. The third-order valence-corrected chi connectivity index (χ3v) is 6.11. The van der Waals surface area contributed by atoms with Gasteiger partial charge in [-0.2, -0.15) is 0 Å². The van der Waals surface area contributed by atoms with E-state index in [-0.39, 0.29) is 35.6 Å². The number of pyridine rings is 1. The molecule has 1 aliphatic heterocycles. The Bertz CT molecular complexity index is 1150. The zero-order valence-corrected chi connectivity index (χ0v) is 19.2.